The Labute approximate surface area is 103 Å². The van der Waals surface area contributed by atoms with E-state index in [9.17, 15) is 4.79 Å². The summed E-state index contributed by atoms with van der Waals surface area (Å²) in [6.07, 6.45) is 3.22. The van der Waals surface area contributed by atoms with Crippen LogP contribution in [0.15, 0.2) is 24.7 Å². The van der Waals surface area contributed by atoms with Gasteiger partial charge in [-0.25, -0.2) is 4.98 Å². The average Bonchev–Trinajstić information content (AvgIpc) is 2.85. The van der Waals surface area contributed by atoms with Gasteiger partial charge < -0.3 is 15.2 Å². The van der Waals surface area contributed by atoms with Gasteiger partial charge in [0.15, 0.2) is 5.82 Å². The van der Waals surface area contributed by atoms with Crippen LogP contribution in [-0.2, 0) is 13.1 Å². The molecule has 1 aliphatic rings. The average molecular weight is 244 g/mol. The Morgan fingerprint density at radius 3 is 3.11 bits per heavy atom. The van der Waals surface area contributed by atoms with Gasteiger partial charge in [0.1, 0.15) is 12.1 Å². The number of hydrogen-bond acceptors (Lipinski definition) is 5. The number of nitrogens with zero attached hydrogens (tertiary/aromatic N) is 5. The molecule has 0 saturated carbocycles. The van der Waals surface area contributed by atoms with E-state index in [0.717, 1.165) is 5.82 Å². The summed E-state index contributed by atoms with van der Waals surface area (Å²) in [4.78, 5) is 17.9. The summed E-state index contributed by atoms with van der Waals surface area (Å²) in [5.74, 6) is 1.09. The normalized spacial score (nSPS) is 14.3. The zero-order chi connectivity index (χ0) is 12.5. The first kappa shape index (κ1) is 10.7. The van der Waals surface area contributed by atoms with Crippen molar-refractivity contribution in [3.8, 4) is 0 Å². The maximum atomic E-state index is 12.3. The van der Waals surface area contributed by atoms with E-state index in [1.165, 1.54) is 6.20 Å². The molecule has 3 heterocycles. The Kier molecular flexibility index (Phi) is 2.44. The minimum Gasteiger partial charge on any atom is -0.384 e. The highest BCUT2D eigenvalue weighted by atomic mass is 16.2. The number of fused-ring (bicyclic) bond motifs is 1. The number of rotatable bonds is 1. The van der Waals surface area contributed by atoms with Gasteiger partial charge >= 0.3 is 0 Å². The molecule has 0 unspecified atom stereocenters. The molecule has 1 aliphatic heterocycles. The number of carbonyl (C=O) groups excluding carboxylic acids is 1. The van der Waals surface area contributed by atoms with Crippen molar-refractivity contribution in [1.82, 2.24) is 24.6 Å². The molecule has 2 aromatic heterocycles. The molecule has 2 N–H and O–H groups in total. The molecule has 1 amide bonds. The Morgan fingerprint density at radius 1 is 1.39 bits per heavy atom. The molecule has 2 aromatic rings. The van der Waals surface area contributed by atoms with Crippen LogP contribution in [-0.4, -0.2) is 37.1 Å². The van der Waals surface area contributed by atoms with Gasteiger partial charge in [0.25, 0.3) is 5.91 Å². The second-order valence-electron chi connectivity index (χ2n) is 4.14. The number of aromatic nitrogens is 4. The number of nitrogens with two attached hydrogens (primary N) is 1. The minimum absolute atomic E-state index is 0.0571. The van der Waals surface area contributed by atoms with Crippen molar-refractivity contribution in [3.05, 3.63) is 36.0 Å². The van der Waals surface area contributed by atoms with Crippen LogP contribution in [0.4, 0.5) is 5.82 Å². The number of anilines is 1. The van der Waals surface area contributed by atoms with Crippen LogP contribution in [0.5, 0.6) is 0 Å². The van der Waals surface area contributed by atoms with Crippen molar-refractivity contribution in [2.45, 2.75) is 13.1 Å². The number of amides is 1. The van der Waals surface area contributed by atoms with E-state index in [1.807, 2.05) is 4.57 Å². The molecule has 7 nitrogen and oxygen atoms in total. The third kappa shape index (κ3) is 1.79. The largest absolute Gasteiger partial charge is 0.384 e. The molecular weight excluding hydrogens is 232 g/mol. The van der Waals surface area contributed by atoms with Gasteiger partial charge in [-0.05, 0) is 12.1 Å². The zero-order valence-electron chi connectivity index (χ0n) is 9.65. The van der Waals surface area contributed by atoms with Crippen molar-refractivity contribution in [3.63, 3.8) is 0 Å². The fraction of sp³-hybridized carbons (Fsp3) is 0.273. The lowest BCUT2D eigenvalue weighted by Gasteiger charge is -2.27. The second kappa shape index (κ2) is 4.10. The molecule has 0 saturated heterocycles. The van der Waals surface area contributed by atoms with Crippen LogP contribution in [0, 0.1) is 0 Å². The molecule has 0 aliphatic carbocycles. The Morgan fingerprint density at radius 2 is 2.28 bits per heavy atom. The molecule has 0 fully saturated rings. The maximum Gasteiger partial charge on any atom is 0.254 e. The third-order valence-electron chi connectivity index (χ3n) is 2.95. The highest BCUT2D eigenvalue weighted by Crippen LogP contribution is 2.13. The standard InChI is InChI=1S/C11H12N6O/c12-9-5-8(1-2-13-9)11(18)16-3-4-17-7-14-15-10(17)6-16/h1-2,5,7H,3-4,6H2,(H2,12,13). The summed E-state index contributed by atoms with van der Waals surface area (Å²) in [7, 11) is 0. The molecular formula is C11H12N6O. The summed E-state index contributed by atoms with van der Waals surface area (Å²) in [6.45, 7) is 1.84. The van der Waals surface area contributed by atoms with Crippen LogP contribution in [0.25, 0.3) is 0 Å². The summed E-state index contributed by atoms with van der Waals surface area (Å²) >= 11 is 0. The van der Waals surface area contributed by atoms with Gasteiger partial charge in [0.05, 0.1) is 6.54 Å². The quantitative estimate of drug-likeness (QED) is 0.757. The van der Waals surface area contributed by atoms with Crippen molar-refractivity contribution in [2.24, 2.45) is 0 Å². The summed E-state index contributed by atoms with van der Waals surface area (Å²) < 4.78 is 1.95. The monoisotopic (exact) mass is 244 g/mol. The maximum absolute atomic E-state index is 12.3. The fourth-order valence-electron chi connectivity index (χ4n) is 2.00. The first-order valence-corrected chi connectivity index (χ1v) is 5.61. The van der Waals surface area contributed by atoms with E-state index in [0.29, 0.717) is 31.0 Å². The smallest absolute Gasteiger partial charge is 0.254 e. The molecule has 0 atom stereocenters. The SMILES string of the molecule is Nc1cc(C(=O)N2CCn3cnnc3C2)ccn1. The second-order valence-corrected chi connectivity index (χ2v) is 4.14. The zero-order valence-corrected chi connectivity index (χ0v) is 9.65. The lowest BCUT2D eigenvalue weighted by atomic mass is 10.2. The van der Waals surface area contributed by atoms with E-state index in [-0.39, 0.29) is 5.91 Å². The first-order valence-electron chi connectivity index (χ1n) is 5.61. The molecule has 92 valence electrons. The molecule has 3 rings (SSSR count). The molecule has 0 aromatic carbocycles. The van der Waals surface area contributed by atoms with Crippen molar-refractivity contribution >= 4 is 11.7 Å². The number of hydrogen-bond donors (Lipinski definition) is 1. The number of nitrogen functional groups attached to an aromatic ring is 1. The summed E-state index contributed by atoms with van der Waals surface area (Å²) in [6, 6.07) is 3.25. The van der Waals surface area contributed by atoms with Crippen molar-refractivity contribution < 1.29 is 4.79 Å². The minimum atomic E-state index is -0.0571. The fourth-order valence-corrected chi connectivity index (χ4v) is 2.00. The van der Waals surface area contributed by atoms with Gasteiger partial charge in [-0.15, -0.1) is 10.2 Å². The highest BCUT2D eigenvalue weighted by molar-refractivity contribution is 5.94. The first-order chi connectivity index (χ1) is 8.74. The van der Waals surface area contributed by atoms with Gasteiger partial charge in [0.2, 0.25) is 0 Å². The molecule has 0 spiro atoms. The van der Waals surface area contributed by atoms with Crippen LogP contribution >= 0.6 is 0 Å². The molecule has 18 heavy (non-hydrogen) atoms. The van der Waals surface area contributed by atoms with Gasteiger partial charge in [-0.1, -0.05) is 0 Å². The van der Waals surface area contributed by atoms with Gasteiger partial charge in [-0.2, -0.15) is 0 Å². The van der Waals surface area contributed by atoms with Crippen LogP contribution in [0.3, 0.4) is 0 Å². The number of pyridine rings is 1. The Balaban J connectivity index is 1.83. The lowest BCUT2D eigenvalue weighted by Crippen LogP contribution is -2.38. The summed E-state index contributed by atoms with van der Waals surface area (Å²) in [5.41, 5.74) is 6.13. The van der Waals surface area contributed by atoms with Crippen molar-refractivity contribution in [1.29, 1.82) is 0 Å². The predicted octanol–water partition coefficient (Wildman–Crippen LogP) is -0.0887. The van der Waals surface area contributed by atoms with Crippen LogP contribution < -0.4 is 5.73 Å². The van der Waals surface area contributed by atoms with Gasteiger partial charge in [-0.3, -0.25) is 4.79 Å². The van der Waals surface area contributed by atoms with Crippen LogP contribution in [0.1, 0.15) is 16.2 Å². The number of carbonyl (C=O) groups is 1. The molecule has 7 heteroatoms. The van der Waals surface area contributed by atoms with E-state index < -0.39 is 0 Å². The van der Waals surface area contributed by atoms with Crippen LogP contribution in [0.2, 0.25) is 0 Å². The Bertz CT molecular complexity index is 593. The van der Waals surface area contributed by atoms with Gasteiger partial charge in [0, 0.05) is 24.8 Å². The third-order valence-corrected chi connectivity index (χ3v) is 2.95. The van der Waals surface area contributed by atoms with Crippen molar-refractivity contribution in [2.75, 3.05) is 12.3 Å². The predicted molar refractivity (Wildman–Crippen MR) is 63.4 cm³/mol. The lowest BCUT2D eigenvalue weighted by molar-refractivity contribution is 0.0707. The van der Waals surface area contributed by atoms with E-state index in [1.54, 1.807) is 23.4 Å². The highest BCUT2D eigenvalue weighted by Gasteiger charge is 2.22. The topological polar surface area (TPSA) is 89.9 Å². The van der Waals surface area contributed by atoms with E-state index in [4.69, 9.17) is 5.73 Å². The molecule has 0 radical (unpaired) electrons. The Hall–Kier alpha value is -2.44. The summed E-state index contributed by atoms with van der Waals surface area (Å²) in [5, 5.41) is 7.81. The van der Waals surface area contributed by atoms with E-state index in [2.05, 4.69) is 15.2 Å². The van der Waals surface area contributed by atoms with E-state index >= 15 is 0 Å². The molecule has 0 bridgehead atoms.